The van der Waals surface area contributed by atoms with E-state index in [-0.39, 0.29) is 5.97 Å². The number of hydrogen-bond acceptors (Lipinski definition) is 2. The van der Waals surface area contributed by atoms with Crippen LogP contribution < -0.4 is 0 Å². The van der Waals surface area contributed by atoms with E-state index in [0.29, 0.717) is 5.56 Å². The molecule has 0 radical (unpaired) electrons. The summed E-state index contributed by atoms with van der Waals surface area (Å²) < 4.78 is 5.61. The van der Waals surface area contributed by atoms with Gasteiger partial charge in [0, 0.05) is 3.57 Å². The lowest BCUT2D eigenvalue weighted by Gasteiger charge is -2.06. The first kappa shape index (κ1) is 10.5. The monoisotopic (exact) mass is 290 g/mol. The summed E-state index contributed by atoms with van der Waals surface area (Å²) in [7, 11) is 1.40. The summed E-state index contributed by atoms with van der Waals surface area (Å²) in [6.45, 7) is 4.01. The Morgan fingerprint density at radius 3 is 2.38 bits per heavy atom. The molecule has 0 heterocycles. The molecule has 1 aromatic rings. The van der Waals surface area contributed by atoms with Gasteiger partial charge in [-0.25, -0.2) is 4.79 Å². The molecule has 0 aliphatic rings. The molecule has 0 spiro atoms. The van der Waals surface area contributed by atoms with Crippen molar-refractivity contribution in [3.63, 3.8) is 0 Å². The Hall–Kier alpha value is -0.580. The summed E-state index contributed by atoms with van der Waals surface area (Å²) in [5.41, 5.74) is 2.95. The van der Waals surface area contributed by atoms with E-state index in [1.165, 1.54) is 12.7 Å². The van der Waals surface area contributed by atoms with Crippen molar-refractivity contribution in [3.8, 4) is 0 Å². The molecule has 0 aliphatic carbocycles. The molecule has 70 valence electrons. The van der Waals surface area contributed by atoms with Crippen molar-refractivity contribution >= 4 is 28.6 Å². The minimum Gasteiger partial charge on any atom is -0.465 e. The van der Waals surface area contributed by atoms with Gasteiger partial charge in [0.15, 0.2) is 0 Å². The molecule has 2 nitrogen and oxygen atoms in total. The van der Waals surface area contributed by atoms with Crippen LogP contribution in [0.3, 0.4) is 0 Å². The van der Waals surface area contributed by atoms with E-state index in [1.807, 2.05) is 26.0 Å². The van der Waals surface area contributed by atoms with E-state index in [1.54, 1.807) is 0 Å². The highest BCUT2D eigenvalue weighted by molar-refractivity contribution is 14.1. The molecular weight excluding hydrogens is 279 g/mol. The Kier molecular flexibility index (Phi) is 3.30. The number of esters is 1. The third-order valence-electron chi connectivity index (χ3n) is 1.99. The second kappa shape index (κ2) is 4.09. The molecule has 0 aliphatic heterocycles. The third kappa shape index (κ3) is 2.21. The normalized spacial score (nSPS) is 9.85. The van der Waals surface area contributed by atoms with Crippen LogP contribution in [0, 0.1) is 17.4 Å². The Bertz CT molecular complexity index is 345. The zero-order valence-electron chi connectivity index (χ0n) is 7.85. The number of hydrogen-bond donors (Lipinski definition) is 0. The average Bonchev–Trinajstić information content (AvgIpc) is 2.10. The van der Waals surface area contributed by atoms with Crippen LogP contribution in [0.4, 0.5) is 0 Å². The number of carbonyl (C=O) groups is 1. The highest BCUT2D eigenvalue weighted by atomic mass is 127. The van der Waals surface area contributed by atoms with Gasteiger partial charge in [-0.3, -0.25) is 0 Å². The quantitative estimate of drug-likeness (QED) is 0.587. The van der Waals surface area contributed by atoms with Gasteiger partial charge in [0.1, 0.15) is 0 Å². The van der Waals surface area contributed by atoms with Gasteiger partial charge in [0.2, 0.25) is 0 Å². The molecule has 0 amide bonds. The molecule has 13 heavy (non-hydrogen) atoms. The Labute approximate surface area is 91.4 Å². The maximum absolute atomic E-state index is 11.3. The van der Waals surface area contributed by atoms with Gasteiger partial charge in [-0.05, 0) is 59.7 Å². The van der Waals surface area contributed by atoms with Gasteiger partial charge in [0.05, 0.1) is 12.7 Å². The van der Waals surface area contributed by atoms with Crippen LogP contribution in [-0.2, 0) is 4.74 Å². The fourth-order valence-electron chi connectivity index (χ4n) is 1.05. The Morgan fingerprint density at radius 2 is 1.85 bits per heavy atom. The van der Waals surface area contributed by atoms with Crippen molar-refractivity contribution in [2.75, 3.05) is 7.11 Å². The predicted molar refractivity (Wildman–Crippen MR) is 60.0 cm³/mol. The Balaban J connectivity index is 3.23. The van der Waals surface area contributed by atoms with E-state index >= 15 is 0 Å². The number of benzene rings is 1. The van der Waals surface area contributed by atoms with Gasteiger partial charge in [0.25, 0.3) is 0 Å². The molecular formula is C10H11IO2. The van der Waals surface area contributed by atoms with Gasteiger partial charge >= 0.3 is 5.97 Å². The second-order valence-electron chi connectivity index (χ2n) is 2.91. The van der Waals surface area contributed by atoms with E-state index in [2.05, 4.69) is 27.3 Å². The van der Waals surface area contributed by atoms with Crippen molar-refractivity contribution in [3.05, 3.63) is 32.4 Å². The van der Waals surface area contributed by atoms with Crippen molar-refractivity contribution in [1.29, 1.82) is 0 Å². The van der Waals surface area contributed by atoms with Crippen LogP contribution in [0.25, 0.3) is 0 Å². The maximum Gasteiger partial charge on any atom is 0.338 e. The number of ether oxygens (including phenoxy) is 1. The third-order valence-corrected chi connectivity index (χ3v) is 2.88. The van der Waals surface area contributed by atoms with Gasteiger partial charge in [-0.1, -0.05) is 0 Å². The smallest absolute Gasteiger partial charge is 0.338 e. The molecule has 0 saturated heterocycles. The van der Waals surface area contributed by atoms with E-state index in [9.17, 15) is 4.79 Å². The van der Waals surface area contributed by atoms with Crippen LogP contribution in [0.1, 0.15) is 21.5 Å². The van der Waals surface area contributed by atoms with Crippen molar-refractivity contribution in [1.82, 2.24) is 0 Å². The molecule has 1 aromatic carbocycles. The number of aryl methyl sites for hydroxylation is 2. The van der Waals surface area contributed by atoms with Crippen LogP contribution in [0.15, 0.2) is 12.1 Å². The average molecular weight is 290 g/mol. The second-order valence-corrected chi connectivity index (χ2v) is 4.07. The molecule has 0 atom stereocenters. The molecule has 0 aromatic heterocycles. The fraction of sp³-hybridized carbons (Fsp3) is 0.300. The van der Waals surface area contributed by atoms with Crippen molar-refractivity contribution in [2.24, 2.45) is 0 Å². The minimum atomic E-state index is -0.271. The molecule has 0 fully saturated rings. The highest BCUT2D eigenvalue weighted by Gasteiger charge is 2.10. The van der Waals surface area contributed by atoms with Crippen LogP contribution >= 0.6 is 22.6 Å². The van der Waals surface area contributed by atoms with Crippen LogP contribution in [-0.4, -0.2) is 13.1 Å². The van der Waals surface area contributed by atoms with Gasteiger partial charge in [-0.15, -0.1) is 0 Å². The van der Waals surface area contributed by atoms with Crippen molar-refractivity contribution in [2.45, 2.75) is 13.8 Å². The fourth-order valence-corrected chi connectivity index (χ4v) is 1.89. The zero-order chi connectivity index (χ0) is 10.0. The zero-order valence-corrected chi connectivity index (χ0v) is 10.0. The lowest BCUT2D eigenvalue weighted by molar-refractivity contribution is 0.0599. The molecule has 0 unspecified atom stereocenters. The maximum atomic E-state index is 11.3. The number of methoxy groups -OCH3 is 1. The Morgan fingerprint density at radius 1 is 1.31 bits per heavy atom. The van der Waals surface area contributed by atoms with E-state index < -0.39 is 0 Å². The molecule has 0 N–H and O–H groups in total. The summed E-state index contributed by atoms with van der Waals surface area (Å²) in [5, 5.41) is 0. The van der Waals surface area contributed by atoms with Gasteiger partial charge < -0.3 is 4.74 Å². The number of rotatable bonds is 1. The summed E-state index contributed by atoms with van der Waals surface area (Å²) in [6, 6.07) is 3.85. The SMILES string of the molecule is COC(=O)c1cc(C)c(C)cc1I. The first-order valence-corrected chi connectivity index (χ1v) is 4.99. The number of carbonyl (C=O) groups excluding carboxylic acids is 1. The summed E-state index contributed by atoms with van der Waals surface area (Å²) in [4.78, 5) is 11.3. The molecule has 0 saturated carbocycles. The largest absolute Gasteiger partial charge is 0.465 e. The molecule has 0 bridgehead atoms. The molecule has 3 heteroatoms. The van der Waals surface area contributed by atoms with Gasteiger partial charge in [-0.2, -0.15) is 0 Å². The molecule has 1 rings (SSSR count). The lowest BCUT2D eigenvalue weighted by Crippen LogP contribution is -2.04. The van der Waals surface area contributed by atoms with E-state index in [4.69, 9.17) is 0 Å². The standard InChI is InChI=1S/C10H11IO2/c1-6-4-8(10(12)13-3)9(11)5-7(6)2/h4-5H,1-3H3. The van der Waals surface area contributed by atoms with Crippen molar-refractivity contribution < 1.29 is 9.53 Å². The van der Waals surface area contributed by atoms with Crippen LogP contribution in [0.2, 0.25) is 0 Å². The van der Waals surface area contributed by atoms with E-state index in [0.717, 1.165) is 9.13 Å². The minimum absolute atomic E-state index is 0.271. The summed E-state index contributed by atoms with van der Waals surface area (Å²) >= 11 is 2.14. The highest BCUT2D eigenvalue weighted by Crippen LogP contribution is 2.18. The predicted octanol–water partition coefficient (Wildman–Crippen LogP) is 2.69. The first-order valence-electron chi connectivity index (χ1n) is 3.91. The first-order chi connectivity index (χ1) is 6.06. The number of halogens is 1. The lowest BCUT2D eigenvalue weighted by atomic mass is 10.1. The summed E-state index contributed by atoms with van der Waals surface area (Å²) in [5.74, 6) is -0.271. The van der Waals surface area contributed by atoms with Crippen LogP contribution in [0.5, 0.6) is 0 Å². The summed E-state index contributed by atoms with van der Waals surface area (Å²) in [6.07, 6.45) is 0. The topological polar surface area (TPSA) is 26.3 Å².